The fourth-order valence-corrected chi connectivity index (χ4v) is 3.58. The normalized spacial score (nSPS) is 13.8. The van der Waals surface area contributed by atoms with Gasteiger partial charge in [-0.15, -0.1) is 0 Å². The minimum Gasteiger partial charge on any atom is -0.473 e. The lowest BCUT2D eigenvalue weighted by Gasteiger charge is -2.27. The molecule has 0 unspecified atom stereocenters. The number of hydrogen-bond donors (Lipinski definition) is 1. The maximum absolute atomic E-state index is 6.40. The van der Waals surface area contributed by atoms with Gasteiger partial charge in [0.15, 0.2) is 0 Å². The molecule has 32 heavy (non-hydrogen) atoms. The van der Waals surface area contributed by atoms with E-state index >= 15 is 0 Å². The molecular formula is C26H41N5O. The number of aryl methyl sites for hydroxylation is 2. The molecule has 0 radical (unpaired) electrons. The van der Waals surface area contributed by atoms with E-state index in [1.807, 2.05) is 53.9 Å². The Labute approximate surface area is 194 Å². The molecule has 1 rings (SSSR count). The van der Waals surface area contributed by atoms with Crippen LogP contribution in [0.3, 0.4) is 0 Å². The van der Waals surface area contributed by atoms with Crippen LogP contribution in [0.25, 0.3) is 5.70 Å². The summed E-state index contributed by atoms with van der Waals surface area (Å²) in [6.45, 7) is 26.4. The van der Waals surface area contributed by atoms with E-state index in [0.29, 0.717) is 5.88 Å². The van der Waals surface area contributed by atoms with Gasteiger partial charge in [-0.3, -0.25) is 9.89 Å². The predicted octanol–water partition coefficient (Wildman–Crippen LogP) is 5.06. The molecule has 0 amide bonds. The summed E-state index contributed by atoms with van der Waals surface area (Å²) < 4.78 is 8.16. The van der Waals surface area contributed by atoms with Gasteiger partial charge in [0.2, 0.25) is 5.88 Å². The monoisotopic (exact) mass is 439 g/mol. The Morgan fingerprint density at radius 3 is 2.47 bits per heavy atom. The number of nitrogens with zero attached hydrogens (tertiary/aromatic N) is 4. The molecule has 0 aliphatic heterocycles. The number of hydrogen-bond acceptors (Lipinski definition) is 5. The van der Waals surface area contributed by atoms with E-state index in [4.69, 9.17) is 4.74 Å². The standard InChI is InChI=1S/C26H41N5O/c1-12-14-22(19(5)6)24(28-10)17-31(13-2)16-20(7)32-26-25(21(8)29-30(26)11)23(27-9)15-18(3)4/h12,14-15,20,28H,3,5,9,13,16-17H2,1-2,4,6-8,10-11H3/b14-12+,23-15-,24-22-/t20-/m0/s1. The van der Waals surface area contributed by atoms with Crippen LogP contribution in [0.15, 0.2) is 58.8 Å². The van der Waals surface area contributed by atoms with Crippen LogP contribution in [0.5, 0.6) is 5.88 Å². The molecule has 0 aliphatic carbocycles. The highest BCUT2D eigenvalue weighted by Gasteiger charge is 2.21. The maximum Gasteiger partial charge on any atom is 0.221 e. The molecule has 0 aliphatic rings. The van der Waals surface area contributed by atoms with Crippen molar-refractivity contribution in [2.75, 3.05) is 26.7 Å². The van der Waals surface area contributed by atoms with E-state index in [1.165, 1.54) is 0 Å². The first-order valence-corrected chi connectivity index (χ1v) is 11.1. The lowest BCUT2D eigenvalue weighted by atomic mass is 10.1. The minimum atomic E-state index is -0.0625. The molecule has 1 aromatic heterocycles. The number of nitrogens with one attached hydrogen (secondary N) is 1. The topological polar surface area (TPSA) is 54.7 Å². The van der Waals surface area contributed by atoms with E-state index in [0.717, 1.165) is 59.0 Å². The average molecular weight is 440 g/mol. The molecule has 1 atom stereocenters. The minimum absolute atomic E-state index is 0.0625. The van der Waals surface area contributed by atoms with Crippen LogP contribution in [0.1, 0.15) is 45.9 Å². The fraction of sp³-hybridized carbons (Fsp3) is 0.462. The third-order valence-corrected chi connectivity index (χ3v) is 5.06. The Hall–Kier alpha value is -2.86. The molecular weight excluding hydrogens is 398 g/mol. The van der Waals surface area contributed by atoms with E-state index < -0.39 is 0 Å². The first-order valence-electron chi connectivity index (χ1n) is 11.1. The number of rotatable bonds is 13. The molecule has 1 heterocycles. The molecule has 6 nitrogen and oxygen atoms in total. The summed E-state index contributed by atoms with van der Waals surface area (Å²) in [6, 6.07) is 0. The lowest BCUT2D eigenvalue weighted by Crippen LogP contribution is -2.37. The van der Waals surface area contributed by atoms with Gasteiger partial charge >= 0.3 is 0 Å². The van der Waals surface area contributed by atoms with Crippen molar-refractivity contribution in [3.63, 3.8) is 0 Å². The van der Waals surface area contributed by atoms with Gasteiger partial charge in [-0.1, -0.05) is 37.8 Å². The first-order chi connectivity index (χ1) is 15.1. The van der Waals surface area contributed by atoms with E-state index in [9.17, 15) is 0 Å². The molecule has 1 N–H and O–H groups in total. The molecule has 176 valence electrons. The summed E-state index contributed by atoms with van der Waals surface area (Å²) in [4.78, 5) is 6.55. The first kappa shape index (κ1) is 27.2. The molecule has 1 aromatic rings. The van der Waals surface area contributed by atoms with Crippen LogP contribution in [0.4, 0.5) is 0 Å². The summed E-state index contributed by atoms with van der Waals surface area (Å²) >= 11 is 0. The zero-order valence-electron chi connectivity index (χ0n) is 21.2. The zero-order chi connectivity index (χ0) is 24.4. The largest absolute Gasteiger partial charge is 0.473 e. The van der Waals surface area contributed by atoms with E-state index in [-0.39, 0.29) is 6.10 Å². The van der Waals surface area contributed by atoms with E-state index in [2.05, 4.69) is 60.1 Å². The predicted molar refractivity (Wildman–Crippen MR) is 138 cm³/mol. The number of allylic oxidation sites excluding steroid dienone is 6. The van der Waals surface area contributed by atoms with Gasteiger partial charge in [-0.25, -0.2) is 4.68 Å². The second-order valence-corrected chi connectivity index (χ2v) is 8.10. The Kier molecular flexibility index (Phi) is 10.9. The summed E-state index contributed by atoms with van der Waals surface area (Å²) in [5, 5.41) is 7.90. The van der Waals surface area contributed by atoms with Crippen molar-refractivity contribution in [1.29, 1.82) is 0 Å². The summed E-state index contributed by atoms with van der Waals surface area (Å²) in [5.74, 6) is 0.687. The lowest BCUT2D eigenvalue weighted by molar-refractivity contribution is 0.144. The Bertz CT molecular complexity index is 917. The van der Waals surface area contributed by atoms with Crippen LogP contribution in [0, 0.1) is 6.92 Å². The third kappa shape index (κ3) is 7.38. The zero-order valence-corrected chi connectivity index (χ0v) is 21.2. The van der Waals surface area contributed by atoms with Gasteiger partial charge in [0.25, 0.3) is 0 Å². The van der Waals surface area contributed by atoms with Gasteiger partial charge in [-0.2, -0.15) is 5.10 Å². The van der Waals surface area contributed by atoms with Crippen molar-refractivity contribution >= 4 is 12.4 Å². The number of aliphatic imine (C=N–C) groups is 1. The molecule has 0 saturated heterocycles. The summed E-state index contributed by atoms with van der Waals surface area (Å²) in [5.41, 5.74) is 6.64. The second-order valence-electron chi connectivity index (χ2n) is 8.10. The van der Waals surface area contributed by atoms with Crippen LogP contribution in [-0.4, -0.2) is 54.2 Å². The highest BCUT2D eigenvalue weighted by molar-refractivity contribution is 5.74. The van der Waals surface area contributed by atoms with Crippen LogP contribution in [-0.2, 0) is 7.05 Å². The van der Waals surface area contributed by atoms with Crippen LogP contribution in [0.2, 0.25) is 0 Å². The van der Waals surface area contributed by atoms with Crippen LogP contribution < -0.4 is 10.1 Å². The highest BCUT2D eigenvalue weighted by atomic mass is 16.5. The van der Waals surface area contributed by atoms with Crippen molar-refractivity contribution < 1.29 is 4.74 Å². The summed E-state index contributed by atoms with van der Waals surface area (Å²) in [7, 11) is 3.84. The summed E-state index contributed by atoms with van der Waals surface area (Å²) in [6.07, 6.45) is 5.98. The molecule has 0 spiro atoms. The maximum atomic E-state index is 6.40. The SMILES string of the molecule is C=N/C(=C\C(=C)C)c1c(C)nn(C)c1O[C@@H](C)CN(CC)C/C(NC)=C(\C=C\C)C(=C)C. The van der Waals surface area contributed by atoms with Crippen LogP contribution >= 0.6 is 0 Å². The number of likely N-dealkylation sites (N-methyl/N-ethyl adjacent to an activating group) is 2. The smallest absolute Gasteiger partial charge is 0.221 e. The van der Waals surface area contributed by atoms with Crippen molar-refractivity contribution in [3.05, 3.63) is 65.1 Å². The van der Waals surface area contributed by atoms with Gasteiger partial charge in [-0.05, 0) is 65.1 Å². The Morgan fingerprint density at radius 1 is 1.34 bits per heavy atom. The quantitative estimate of drug-likeness (QED) is 0.345. The fourth-order valence-electron chi connectivity index (χ4n) is 3.58. The molecule has 0 fully saturated rings. The van der Waals surface area contributed by atoms with Gasteiger partial charge < -0.3 is 10.1 Å². The Balaban J connectivity index is 3.15. The highest BCUT2D eigenvalue weighted by Crippen LogP contribution is 2.31. The molecule has 0 saturated carbocycles. The van der Waals surface area contributed by atoms with Crippen molar-refractivity contribution in [3.8, 4) is 5.88 Å². The second kappa shape index (κ2) is 12.9. The number of aromatic nitrogens is 2. The van der Waals surface area contributed by atoms with E-state index in [1.54, 1.807) is 4.68 Å². The number of ether oxygens (including phenoxy) is 1. The molecule has 0 aromatic carbocycles. The van der Waals surface area contributed by atoms with Crippen molar-refractivity contribution in [2.45, 2.75) is 47.6 Å². The molecule has 0 bridgehead atoms. The van der Waals surface area contributed by atoms with Gasteiger partial charge in [0.05, 0.1) is 17.0 Å². The van der Waals surface area contributed by atoms with Gasteiger partial charge in [0, 0.05) is 32.9 Å². The van der Waals surface area contributed by atoms with Gasteiger partial charge in [0.1, 0.15) is 6.10 Å². The van der Waals surface area contributed by atoms with Crippen molar-refractivity contribution in [2.24, 2.45) is 12.0 Å². The average Bonchev–Trinajstić information content (AvgIpc) is 3.00. The molecule has 6 heteroatoms. The van der Waals surface area contributed by atoms with Crippen molar-refractivity contribution in [1.82, 2.24) is 20.0 Å². The third-order valence-electron chi connectivity index (χ3n) is 5.06. The Morgan fingerprint density at radius 2 is 2.00 bits per heavy atom.